The van der Waals surface area contributed by atoms with Crippen LogP contribution in [0.5, 0.6) is 0 Å². The van der Waals surface area contributed by atoms with Crippen LogP contribution in [0.1, 0.15) is 72.1 Å². The first-order valence-corrected chi connectivity index (χ1v) is 8.50. The fourth-order valence-electron chi connectivity index (χ4n) is 4.31. The highest BCUT2D eigenvalue weighted by molar-refractivity contribution is 5.69. The van der Waals surface area contributed by atoms with E-state index in [2.05, 4.69) is 25.7 Å². The first kappa shape index (κ1) is 14.2. The molecule has 0 aromatic rings. The molecule has 1 saturated carbocycles. The van der Waals surface area contributed by atoms with Gasteiger partial charge in [0.2, 0.25) is 0 Å². The van der Waals surface area contributed by atoms with Crippen LogP contribution in [-0.2, 0) is 4.74 Å². The van der Waals surface area contributed by atoms with Gasteiger partial charge in [-0.2, -0.15) is 0 Å². The van der Waals surface area contributed by atoms with E-state index in [1.165, 1.54) is 38.5 Å². The van der Waals surface area contributed by atoms with E-state index in [1.807, 2.05) is 0 Å². The monoisotopic (exact) mass is 279 g/mol. The maximum Gasteiger partial charge on any atom is 0.410 e. The Morgan fingerprint density at radius 2 is 1.75 bits per heavy atom. The standard InChI is InChI=1S/C17H29NO2/c1-12(2)13-10-14-6-4-7-15(11-13)18(14)16(19)20-17(3)8-5-9-17/h12-15H,4-11H2,1-3H3. The van der Waals surface area contributed by atoms with Gasteiger partial charge in [-0.25, -0.2) is 4.79 Å². The Kier molecular flexibility index (Phi) is 3.72. The first-order valence-electron chi connectivity index (χ1n) is 8.50. The second-order valence-electron chi connectivity index (χ2n) is 7.79. The number of piperidine rings is 2. The quantitative estimate of drug-likeness (QED) is 0.752. The zero-order valence-electron chi connectivity index (χ0n) is 13.2. The Balaban J connectivity index is 1.68. The predicted octanol–water partition coefficient (Wildman–Crippen LogP) is 4.35. The molecule has 20 heavy (non-hydrogen) atoms. The molecule has 2 saturated heterocycles. The molecule has 0 aromatic heterocycles. The van der Waals surface area contributed by atoms with E-state index in [-0.39, 0.29) is 11.7 Å². The lowest BCUT2D eigenvalue weighted by molar-refractivity contribution is -0.0742. The maximum absolute atomic E-state index is 12.6. The van der Waals surface area contributed by atoms with E-state index in [4.69, 9.17) is 4.74 Å². The SMILES string of the molecule is CC(C)C1CC2CCCC(C1)N2C(=O)OC1(C)CCC1. The Morgan fingerprint density at radius 3 is 2.20 bits per heavy atom. The van der Waals surface area contributed by atoms with E-state index in [1.54, 1.807) is 0 Å². The molecule has 1 aliphatic carbocycles. The molecule has 0 spiro atoms. The number of carbonyl (C=O) groups excluding carboxylic acids is 1. The topological polar surface area (TPSA) is 29.5 Å². The third kappa shape index (κ3) is 2.56. The van der Waals surface area contributed by atoms with Gasteiger partial charge >= 0.3 is 6.09 Å². The molecule has 0 aromatic carbocycles. The number of amides is 1. The highest BCUT2D eigenvalue weighted by Gasteiger charge is 2.45. The zero-order chi connectivity index (χ0) is 14.3. The van der Waals surface area contributed by atoms with E-state index < -0.39 is 0 Å². The number of nitrogens with zero attached hydrogens (tertiary/aromatic N) is 1. The van der Waals surface area contributed by atoms with Crippen LogP contribution in [0, 0.1) is 11.8 Å². The lowest BCUT2D eigenvalue weighted by atomic mass is 9.74. The minimum Gasteiger partial charge on any atom is -0.443 e. The Hall–Kier alpha value is -0.730. The van der Waals surface area contributed by atoms with Gasteiger partial charge in [0.1, 0.15) is 5.60 Å². The first-order chi connectivity index (χ1) is 9.48. The highest BCUT2D eigenvalue weighted by atomic mass is 16.6. The van der Waals surface area contributed by atoms with Crippen LogP contribution in [0.25, 0.3) is 0 Å². The van der Waals surface area contributed by atoms with Crippen LogP contribution < -0.4 is 0 Å². The summed E-state index contributed by atoms with van der Waals surface area (Å²) >= 11 is 0. The number of fused-ring (bicyclic) bond motifs is 2. The average molecular weight is 279 g/mol. The molecule has 1 amide bonds. The van der Waals surface area contributed by atoms with Crippen molar-refractivity contribution in [3.63, 3.8) is 0 Å². The molecule has 2 unspecified atom stereocenters. The van der Waals surface area contributed by atoms with Crippen molar-refractivity contribution in [1.82, 2.24) is 4.90 Å². The highest BCUT2D eigenvalue weighted by Crippen LogP contribution is 2.42. The Labute approximate surface area is 123 Å². The van der Waals surface area contributed by atoms with Crippen LogP contribution in [0.15, 0.2) is 0 Å². The molecule has 3 rings (SSSR count). The molecular weight excluding hydrogens is 250 g/mol. The summed E-state index contributed by atoms with van der Waals surface area (Å²) < 4.78 is 5.83. The molecule has 2 aliphatic heterocycles. The van der Waals surface area contributed by atoms with Crippen molar-refractivity contribution in [3.8, 4) is 0 Å². The van der Waals surface area contributed by atoms with Crippen molar-refractivity contribution in [2.24, 2.45) is 11.8 Å². The predicted molar refractivity (Wildman–Crippen MR) is 79.6 cm³/mol. The normalized spacial score (nSPS) is 35.6. The third-order valence-electron chi connectivity index (χ3n) is 5.91. The van der Waals surface area contributed by atoms with Gasteiger partial charge in [-0.1, -0.05) is 13.8 Å². The van der Waals surface area contributed by atoms with E-state index in [9.17, 15) is 4.79 Å². The average Bonchev–Trinajstić information content (AvgIpc) is 2.35. The molecule has 2 heterocycles. The minimum absolute atomic E-state index is 0.0240. The number of hydrogen-bond acceptors (Lipinski definition) is 2. The van der Waals surface area contributed by atoms with Gasteiger partial charge in [0.25, 0.3) is 0 Å². The molecule has 3 fully saturated rings. The summed E-state index contributed by atoms with van der Waals surface area (Å²) in [5, 5.41) is 0. The largest absolute Gasteiger partial charge is 0.443 e. The van der Waals surface area contributed by atoms with Crippen molar-refractivity contribution < 1.29 is 9.53 Å². The minimum atomic E-state index is -0.166. The lowest BCUT2D eigenvalue weighted by Gasteiger charge is -2.50. The molecule has 3 nitrogen and oxygen atoms in total. The number of hydrogen-bond donors (Lipinski definition) is 0. The fourth-order valence-corrected chi connectivity index (χ4v) is 4.31. The van der Waals surface area contributed by atoms with Crippen LogP contribution in [0.3, 0.4) is 0 Å². The Morgan fingerprint density at radius 1 is 1.15 bits per heavy atom. The van der Waals surface area contributed by atoms with E-state index in [0.29, 0.717) is 12.1 Å². The number of carbonyl (C=O) groups is 1. The summed E-state index contributed by atoms with van der Waals surface area (Å²) in [4.78, 5) is 14.7. The summed E-state index contributed by atoms with van der Waals surface area (Å²) in [6.07, 6.45) is 9.24. The van der Waals surface area contributed by atoms with Gasteiger partial charge in [0, 0.05) is 12.1 Å². The van der Waals surface area contributed by atoms with Gasteiger partial charge in [0.05, 0.1) is 0 Å². The smallest absolute Gasteiger partial charge is 0.410 e. The maximum atomic E-state index is 12.6. The molecule has 2 bridgehead atoms. The van der Waals surface area contributed by atoms with Crippen LogP contribution in [0.2, 0.25) is 0 Å². The van der Waals surface area contributed by atoms with Crippen molar-refractivity contribution >= 4 is 6.09 Å². The molecular formula is C17H29NO2. The molecule has 2 atom stereocenters. The van der Waals surface area contributed by atoms with Crippen molar-refractivity contribution in [2.75, 3.05) is 0 Å². The van der Waals surface area contributed by atoms with Gasteiger partial charge in [0.15, 0.2) is 0 Å². The van der Waals surface area contributed by atoms with E-state index in [0.717, 1.165) is 24.7 Å². The molecule has 0 radical (unpaired) electrons. The number of ether oxygens (including phenoxy) is 1. The fraction of sp³-hybridized carbons (Fsp3) is 0.941. The van der Waals surface area contributed by atoms with Crippen molar-refractivity contribution in [1.29, 1.82) is 0 Å². The second kappa shape index (κ2) is 5.23. The summed E-state index contributed by atoms with van der Waals surface area (Å²) in [7, 11) is 0. The molecule has 3 aliphatic rings. The van der Waals surface area contributed by atoms with Gasteiger partial charge < -0.3 is 9.64 Å². The summed E-state index contributed by atoms with van der Waals surface area (Å²) in [5.41, 5.74) is -0.166. The van der Waals surface area contributed by atoms with Crippen molar-refractivity contribution in [2.45, 2.75) is 89.8 Å². The summed E-state index contributed by atoms with van der Waals surface area (Å²) in [5.74, 6) is 1.52. The third-order valence-corrected chi connectivity index (χ3v) is 5.91. The van der Waals surface area contributed by atoms with E-state index >= 15 is 0 Å². The second-order valence-corrected chi connectivity index (χ2v) is 7.79. The van der Waals surface area contributed by atoms with Crippen LogP contribution >= 0.6 is 0 Å². The zero-order valence-corrected chi connectivity index (χ0v) is 13.2. The molecule has 0 N–H and O–H groups in total. The van der Waals surface area contributed by atoms with Crippen LogP contribution in [0.4, 0.5) is 4.79 Å². The summed E-state index contributed by atoms with van der Waals surface area (Å²) in [6, 6.07) is 0.872. The van der Waals surface area contributed by atoms with Gasteiger partial charge in [-0.3, -0.25) is 0 Å². The molecule has 3 heteroatoms. The number of rotatable bonds is 2. The van der Waals surface area contributed by atoms with Crippen molar-refractivity contribution in [3.05, 3.63) is 0 Å². The lowest BCUT2D eigenvalue weighted by Crippen LogP contribution is -2.57. The van der Waals surface area contributed by atoms with Gasteiger partial charge in [-0.05, 0) is 70.1 Å². The summed E-state index contributed by atoms with van der Waals surface area (Å²) in [6.45, 7) is 6.73. The van der Waals surface area contributed by atoms with Crippen LogP contribution in [-0.4, -0.2) is 28.7 Å². The molecule has 114 valence electrons. The van der Waals surface area contributed by atoms with Gasteiger partial charge in [-0.15, -0.1) is 0 Å². The Bertz CT molecular complexity index is 361.